The van der Waals surface area contributed by atoms with Gasteiger partial charge in [-0.3, -0.25) is 9.89 Å². The zero-order chi connectivity index (χ0) is 27.8. The third-order valence-electron chi connectivity index (χ3n) is 9.23. The van der Waals surface area contributed by atoms with Crippen molar-refractivity contribution in [3.05, 3.63) is 63.0 Å². The first-order valence-electron chi connectivity index (χ1n) is 13.4. The Bertz CT molecular complexity index is 1510. The van der Waals surface area contributed by atoms with Crippen LogP contribution in [0, 0.1) is 29.5 Å². The van der Waals surface area contributed by atoms with Crippen LogP contribution in [0.15, 0.2) is 46.0 Å². The van der Waals surface area contributed by atoms with Crippen LogP contribution in [-0.4, -0.2) is 86.9 Å². The summed E-state index contributed by atoms with van der Waals surface area (Å²) < 4.78 is 14.6. The van der Waals surface area contributed by atoms with Crippen molar-refractivity contribution in [1.82, 2.24) is 25.0 Å². The van der Waals surface area contributed by atoms with E-state index >= 15 is 0 Å². The van der Waals surface area contributed by atoms with Gasteiger partial charge in [-0.25, -0.2) is 19.0 Å². The number of amides is 2. The Morgan fingerprint density at radius 1 is 1.30 bits per heavy atom. The summed E-state index contributed by atoms with van der Waals surface area (Å²) in [7, 11) is 0. The molecule has 10 nitrogen and oxygen atoms in total. The van der Waals surface area contributed by atoms with Gasteiger partial charge in [0.1, 0.15) is 11.9 Å². The summed E-state index contributed by atoms with van der Waals surface area (Å²) in [6.07, 6.45) is 3.97. The van der Waals surface area contributed by atoms with Gasteiger partial charge in [-0.1, -0.05) is 12.1 Å². The first-order valence-corrected chi connectivity index (χ1v) is 14.3. The Morgan fingerprint density at radius 3 is 2.80 bits per heavy atom. The van der Waals surface area contributed by atoms with Gasteiger partial charge >= 0.3 is 12.0 Å². The fourth-order valence-electron chi connectivity index (χ4n) is 7.24. The van der Waals surface area contributed by atoms with Crippen LogP contribution in [0.25, 0.3) is 0 Å². The molecule has 2 saturated heterocycles. The van der Waals surface area contributed by atoms with Gasteiger partial charge in [0, 0.05) is 55.5 Å². The van der Waals surface area contributed by atoms with Gasteiger partial charge in [0.05, 0.1) is 23.1 Å². The number of halogens is 1. The normalized spacial score (nSPS) is 31.1. The van der Waals surface area contributed by atoms with Crippen molar-refractivity contribution in [2.24, 2.45) is 10.4 Å². The van der Waals surface area contributed by atoms with E-state index in [1.54, 1.807) is 25.3 Å². The molecule has 2 amide bonds. The number of aliphatic imine (C=N–C) groups is 1. The van der Waals surface area contributed by atoms with Crippen molar-refractivity contribution in [2.45, 2.75) is 43.8 Å². The lowest BCUT2D eigenvalue weighted by atomic mass is 9.39. The predicted octanol–water partition coefficient (Wildman–Crippen LogP) is 2.89. The second-order valence-corrected chi connectivity index (χ2v) is 12.5. The summed E-state index contributed by atoms with van der Waals surface area (Å²) in [4.78, 5) is 41.1. The Hall–Kier alpha value is -3.82. The van der Waals surface area contributed by atoms with Gasteiger partial charge in [0.25, 0.3) is 0 Å². The van der Waals surface area contributed by atoms with Gasteiger partial charge in [0.15, 0.2) is 10.8 Å². The van der Waals surface area contributed by atoms with Crippen LogP contribution in [0.4, 0.5) is 9.18 Å². The molecule has 0 radical (unpaired) electrons. The van der Waals surface area contributed by atoms with Crippen molar-refractivity contribution in [1.29, 1.82) is 5.26 Å². The third-order valence-corrected chi connectivity index (χ3v) is 10.0. The number of nitriles is 1. The SMILES string of the molecule is Cc1c(F)cccc1C1N=C(c2nccs2)NC(CN2CCN3C(=O)N(C45CC(C#N)(C4)C5)CC3C2)=C1C(=O)O. The van der Waals surface area contributed by atoms with E-state index in [9.17, 15) is 24.3 Å². The van der Waals surface area contributed by atoms with E-state index in [-0.39, 0.29) is 28.6 Å². The van der Waals surface area contributed by atoms with Crippen LogP contribution in [-0.2, 0) is 4.79 Å². The maximum absolute atomic E-state index is 14.6. The van der Waals surface area contributed by atoms with Crippen LogP contribution in [0.5, 0.6) is 0 Å². The molecule has 12 heteroatoms. The smallest absolute Gasteiger partial charge is 0.335 e. The highest BCUT2D eigenvalue weighted by atomic mass is 32.1. The lowest BCUT2D eigenvalue weighted by molar-refractivity contribution is -0.163. The Morgan fingerprint density at radius 2 is 2.10 bits per heavy atom. The molecule has 206 valence electrons. The van der Waals surface area contributed by atoms with Gasteiger partial charge in [0.2, 0.25) is 0 Å². The van der Waals surface area contributed by atoms with Crippen molar-refractivity contribution in [3.63, 3.8) is 0 Å². The number of carbonyl (C=O) groups is 2. The molecule has 5 fully saturated rings. The van der Waals surface area contributed by atoms with E-state index in [4.69, 9.17) is 4.99 Å². The standard InChI is InChI=1S/C28H28FN7O3S/c1-16-18(3-2-4-19(16)29)22-21(25(37)38)20(32-23(33-22)24-31-5-8-40-24)11-34-6-7-35-17(9-34)10-36(26(35)39)28-12-27(13-28,14-28)15-30/h2-5,8,17,22H,6-7,9-14H2,1H3,(H,32,33)(H,37,38). The molecule has 2 N–H and O–H groups in total. The number of nitrogens with one attached hydrogen (secondary N) is 1. The maximum Gasteiger partial charge on any atom is 0.335 e. The van der Waals surface area contributed by atoms with Gasteiger partial charge < -0.3 is 20.2 Å². The number of carbonyl (C=O) groups excluding carboxylic acids is 1. The number of aliphatic carboxylic acids is 1. The van der Waals surface area contributed by atoms with E-state index in [0.29, 0.717) is 60.4 Å². The first-order chi connectivity index (χ1) is 19.2. The van der Waals surface area contributed by atoms with Crippen LogP contribution in [0.2, 0.25) is 0 Å². The summed E-state index contributed by atoms with van der Waals surface area (Å²) in [5.41, 5.74) is 1.05. The molecule has 8 rings (SSSR count). The van der Waals surface area contributed by atoms with Crippen molar-refractivity contribution < 1.29 is 19.1 Å². The molecule has 2 unspecified atom stereocenters. The van der Waals surface area contributed by atoms with E-state index in [1.807, 2.05) is 15.2 Å². The molecule has 2 bridgehead atoms. The van der Waals surface area contributed by atoms with E-state index in [2.05, 4.69) is 21.3 Å². The number of piperazine rings is 1. The topological polar surface area (TPSA) is 125 Å². The minimum Gasteiger partial charge on any atom is -0.478 e. The molecular formula is C28H28FN7O3S. The van der Waals surface area contributed by atoms with Crippen molar-refractivity contribution >= 4 is 29.2 Å². The summed E-state index contributed by atoms with van der Waals surface area (Å²) in [5, 5.41) is 25.5. The molecular weight excluding hydrogens is 533 g/mol. The molecule has 3 saturated carbocycles. The van der Waals surface area contributed by atoms with Gasteiger partial charge in [-0.05, 0) is 43.4 Å². The molecule has 0 spiro atoms. The molecule has 1 aromatic carbocycles. The van der Waals surface area contributed by atoms with Crippen LogP contribution >= 0.6 is 11.3 Å². The average Bonchev–Trinajstić information content (AvgIpc) is 3.53. The van der Waals surface area contributed by atoms with Gasteiger partial charge in [-0.2, -0.15) is 5.26 Å². The summed E-state index contributed by atoms with van der Waals surface area (Å²) in [5.74, 6) is -1.07. The number of amidine groups is 1. The van der Waals surface area contributed by atoms with E-state index < -0.39 is 17.8 Å². The largest absolute Gasteiger partial charge is 0.478 e. The Balaban J connectivity index is 1.16. The summed E-state index contributed by atoms with van der Waals surface area (Å²) in [6.45, 7) is 4.32. The lowest BCUT2D eigenvalue weighted by Crippen LogP contribution is -2.74. The average molecular weight is 562 g/mol. The molecule has 2 aromatic rings. The van der Waals surface area contributed by atoms with Crippen LogP contribution in [0.1, 0.15) is 41.4 Å². The molecule has 6 aliphatic rings. The number of rotatable bonds is 6. The number of nitrogens with zero attached hydrogens (tertiary/aromatic N) is 6. The number of urea groups is 1. The fourth-order valence-corrected chi connectivity index (χ4v) is 7.83. The first kappa shape index (κ1) is 25.2. The second kappa shape index (κ2) is 8.84. The quantitative estimate of drug-likeness (QED) is 0.556. The molecule has 40 heavy (non-hydrogen) atoms. The molecule has 1 aromatic heterocycles. The number of fused-ring (bicyclic) bond motifs is 1. The Labute approximate surface area is 234 Å². The zero-order valence-corrected chi connectivity index (χ0v) is 22.7. The molecule has 4 heterocycles. The number of benzene rings is 1. The second-order valence-electron chi connectivity index (χ2n) is 11.6. The highest BCUT2D eigenvalue weighted by molar-refractivity contribution is 7.11. The van der Waals surface area contributed by atoms with Crippen molar-refractivity contribution in [2.75, 3.05) is 32.7 Å². The highest BCUT2D eigenvalue weighted by Gasteiger charge is 2.73. The molecule has 2 atom stereocenters. The zero-order valence-electron chi connectivity index (χ0n) is 21.9. The van der Waals surface area contributed by atoms with Crippen molar-refractivity contribution in [3.8, 4) is 6.07 Å². The van der Waals surface area contributed by atoms with Crippen LogP contribution in [0.3, 0.4) is 0 Å². The minimum absolute atomic E-state index is 0.000796. The van der Waals surface area contributed by atoms with E-state index in [1.165, 1.54) is 17.4 Å². The monoisotopic (exact) mass is 561 g/mol. The van der Waals surface area contributed by atoms with Crippen LogP contribution < -0.4 is 5.32 Å². The summed E-state index contributed by atoms with van der Waals surface area (Å²) >= 11 is 1.39. The molecule has 3 aliphatic carbocycles. The fraction of sp³-hybridized carbons (Fsp3) is 0.464. The number of carboxylic acids is 1. The number of carboxylic acid groups (broad SMARTS) is 1. The number of hydrogen-bond donors (Lipinski definition) is 2. The third kappa shape index (κ3) is 3.68. The number of aromatic nitrogens is 1. The number of hydrogen-bond acceptors (Lipinski definition) is 8. The number of thiazole rings is 1. The Kier molecular flexibility index (Phi) is 5.56. The van der Waals surface area contributed by atoms with E-state index in [0.717, 1.165) is 19.3 Å². The minimum atomic E-state index is -1.12. The van der Waals surface area contributed by atoms with Gasteiger partial charge in [-0.15, -0.1) is 11.3 Å². The predicted molar refractivity (Wildman–Crippen MR) is 144 cm³/mol. The highest BCUT2D eigenvalue weighted by Crippen LogP contribution is 2.70. The molecule has 3 aliphatic heterocycles. The maximum atomic E-state index is 14.6. The summed E-state index contributed by atoms with van der Waals surface area (Å²) in [6, 6.07) is 6.22. The lowest BCUT2D eigenvalue weighted by Gasteiger charge is -2.69.